The predicted octanol–water partition coefficient (Wildman–Crippen LogP) is 6.57. The van der Waals surface area contributed by atoms with Gasteiger partial charge in [0.2, 0.25) is 0 Å². The molecule has 1 saturated heterocycles. The van der Waals surface area contributed by atoms with E-state index in [9.17, 15) is 26.3 Å². The molecular weight excluding hydrogens is 413 g/mol. The highest BCUT2D eigenvalue weighted by molar-refractivity contribution is 7.38. The summed E-state index contributed by atoms with van der Waals surface area (Å²) in [7, 11) is 1.20. The van der Waals surface area contributed by atoms with Crippen molar-refractivity contribution in [1.82, 2.24) is 5.32 Å². The van der Waals surface area contributed by atoms with Crippen LogP contribution in [0.15, 0.2) is 42.5 Å². The molecule has 0 aliphatic carbocycles. The molecule has 9 heteroatoms. The average Bonchev–Trinajstić information content (AvgIpc) is 3.27. The molecule has 0 radical (unpaired) electrons. The van der Waals surface area contributed by atoms with E-state index < -0.39 is 23.5 Å². The molecule has 2 nitrogen and oxygen atoms in total. The van der Waals surface area contributed by atoms with Crippen molar-refractivity contribution in [2.45, 2.75) is 46.6 Å². The molecule has 1 aromatic carbocycles. The molecule has 29 heavy (non-hydrogen) atoms. The van der Waals surface area contributed by atoms with E-state index in [1.807, 2.05) is 52.0 Å². The Hall–Kier alpha value is -1.37. The highest BCUT2D eigenvalue weighted by atomic mass is 31.1. The maximum Gasteiger partial charge on any atom is 0.416 e. The maximum absolute atomic E-state index is 12.3. The minimum atomic E-state index is -4.81. The van der Waals surface area contributed by atoms with E-state index in [0.717, 1.165) is 0 Å². The van der Waals surface area contributed by atoms with Crippen LogP contribution in [0.2, 0.25) is 0 Å². The molecule has 2 rings (SSSR count). The number of allylic oxidation sites excluding steroid dienone is 4. The Bertz CT molecular complexity index is 542. The second-order valence-electron chi connectivity index (χ2n) is 5.35. The van der Waals surface area contributed by atoms with E-state index in [-0.39, 0.29) is 18.2 Å². The SMILES string of the molecule is C/C=C\C=C/C.C1CPCN1.CC.NCc1cc(C(F)(F)F)cc(C(F)(F)F)c1. The van der Waals surface area contributed by atoms with Crippen LogP contribution in [0.3, 0.4) is 0 Å². The van der Waals surface area contributed by atoms with E-state index >= 15 is 0 Å². The summed E-state index contributed by atoms with van der Waals surface area (Å²) < 4.78 is 73.6. The summed E-state index contributed by atoms with van der Waals surface area (Å²) in [5, 5.41) is 3.23. The number of nitrogens with one attached hydrogen (secondary N) is 1. The van der Waals surface area contributed by atoms with E-state index in [0.29, 0.717) is 12.1 Å². The van der Waals surface area contributed by atoms with Gasteiger partial charge in [-0.25, -0.2) is 0 Å². The van der Waals surface area contributed by atoms with Gasteiger partial charge in [0.05, 0.1) is 11.1 Å². The zero-order valence-corrected chi connectivity index (χ0v) is 18.2. The highest BCUT2D eigenvalue weighted by Crippen LogP contribution is 2.36. The molecule has 1 fully saturated rings. The van der Waals surface area contributed by atoms with Crippen LogP contribution in [-0.2, 0) is 18.9 Å². The quantitative estimate of drug-likeness (QED) is 0.308. The molecular formula is C20H31F6N2P. The molecule has 1 unspecified atom stereocenters. The van der Waals surface area contributed by atoms with Gasteiger partial charge in [-0.15, -0.1) is 8.58 Å². The van der Waals surface area contributed by atoms with Crippen molar-refractivity contribution >= 4 is 8.58 Å². The van der Waals surface area contributed by atoms with Crippen molar-refractivity contribution < 1.29 is 26.3 Å². The second kappa shape index (κ2) is 16.4. The summed E-state index contributed by atoms with van der Waals surface area (Å²) >= 11 is 0. The number of halogens is 6. The third kappa shape index (κ3) is 15.2. The number of hydrogen-bond donors (Lipinski definition) is 2. The zero-order chi connectivity index (χ0) is 22.9. The number of alkyl halides is 6. The first-order valence-corrected chi connectivity index (χ1v) is 10.6. The van der Waals surface area contributed by atoms with Gasteiger partial charge in [-0.2, -0.15) is 26.3 Å². The molecule has 0 spiro atoms. The Morgan fingerprint density at radius 1 is 0.931 bits per heavy atom. The molecule has 0 saturated carbocycles. The van der Waals surface area contributed by atoms with Gasteiger partial charge in [0, 0.05) is 12.8 Å². The third-order valence-electron chi connectivity index (χ3n) is 3.11. The Balaban J connectivity index is 0. The Kier molecular flexibility index (Phi) is 16.9. The lowest BCUT2D eigenvalue weighted by Crippen LogP contribution is -2.12. The topological polar surface area (TPSA) is 38.0 Å². The third-order valence-corrected chi connectivity index (χ3v) is 4.21. The Morgan fingerprint density at radius 3 is 1.59 bits per heavy atom. The van der Waals surface area contributed by atoms with Gasteiger partial charge in [0.15, 0.2) is 0 Å². The van der Waals surface area contributed by atoms with E-state index in [4.69, 9.17) is 5.73 Å². The summed E-state index contributed by atoms with van der Waals surface area (Å²) in [5.41, 5.74) is 2.14. The number of benzene rings is 1. The summed E-state index contributed by atoms with van der Waals surface area (Å²) in [6.07, 6.45) is 1.07. The van der Waals surface area contributed by atoms with Crippen LogP contribution in [0.5, 0.6) is 0 Å². The lowest BCUT2D eigenvalue weighted by molar-refractivity contribution is -0.143. The number of hydrogen-bond acceptors (Lipinski definition) is 2. The van der Waals surface area contributed by atoms with Gasteiger partial charge in [-0.05, 0) is 50.3 Å². The standard InChI is InChI=1S/C9H7F6N.C6H10.C3H8NP.C2H6/c10-8(11,12)6-1-5(4-16)2-7(3-6)9(13,14)15;1-3-5-6-4-2;1-2-5-3-4-1;1-2/h1-3H,4,16H2;3-6H,1-2H3;4-5H,1-3H2;1-2H3/b;5-3-,6-4-;;. The van der Waals surface area contributed by atoms with Crippen LogP contribution in [0, 0.1) is 0 Å². The predicted molar refractivity (Wildman–Crippen MR) is 111 cm³/mol. The normalized spacial score (nSPS) is 14.7. The van der Waals surface area contributed by atoms with Gasteiger partial charge >= 0.3 is 12.4 Å². The smallest absolute Gasteiger partial charge is 0.326 e. The Labute approximate surface area is 171 Å². The molecule has 0 bridgehead atoms. The fraction of sp³-hybridized carbons (Fsp3) is 0.500. The lowest BCUT2D eigenvalue weighted by Gasteiger charge is -2.13. The van der Waals surface area contributed by atoms with Crippen molar-refractivity contribution in [2.75, 3.05) is 19.0 Å². The second-order valence-corrected chi connectivity index (χ2v) is 6.70. The summed E-state index contributed by atoms with van der Waals surface area (Å²) in [6, 6.07) is 1.28. The van der Waals surface area contributed by atoms with E-state index in [2.05, 4.69) is 5.32 Å². The first-order chi connectivity index (χ1) is 13.6. The average molecular weight is 444 g/mol. The molecule has 1 aliphatic rings. The molecule has 1 atom stereocenters. The van der Waals surface area contributed by atoms with Crippen molar-refractivity contribution in [3.8, 4) is 0 Å². The highest BCUT2D eigenvalue weighted by Gasteiger charge is 2.36. The number of rotatable bonds is 2. The summed E-state index contributed by atoms with van der Waals surface area (Å²) in [5.74, 6) is 0. The summed E-state index contributed by atoms with van der Waals surface area (Å²) in [6.45, 7) is 8.88. The van der Waals surface area contributed by atoms with Crippen LogP contribution >= 0.6 is 8.58 Å². The maximum atomic E-state index is 12.3. The summed E-state index contributed by atoms with van der Waals surface area (Å²) in [4.78, 5) is 0. The van der Waals surface area contributed by atoms with Gasteiger partial charge in [0.1, 0.15) is 0 Å². The number of nitrogens with two attached hydrogens (primary N) is 1. The molecule has 1 heterocycles. The zero-order valence-electron chi connectivity index (χ0n) is 17.2. The van der Waals surface area contributed by atoms with Crippen LogP contribution in [-0.4, -0.2) is 19.0 Å². The van der Waals surface area contributed by atoms with Crippen LogP contribution < -0.4 is 11.1 Å². The van der Waals surface area contributed by atoms with Gasteiger partial charge in [-0.1, -0.05) is 38.2 Å². The first-order valence-electron chi connectivity index (χ1n) is 9.20. The van der Waals surface area contributed by atoms with Gasteiger partial charge in [-0.3, -0.25) is 0 Å². The first kappa shape index (κ1) is 29.8. The Morgan fingerprint density at radius 2 is 1.38 bits per heavy atom. The largest absolute Gasteiger partial charge is 0.416 e. The molecule has 168 valence electrons. The van der Waals surface area contributed by atoms with Gasteiger partial charge in [0.25, 0.3) is 0 Å². The van der Waals surface area contributed by atoms with Crippen LogP contribution in [0.25, 0.3) is 0 Å². The van der Waals surface area contributed by atoms with Crippen molar-refractivity contribution in [1.29, 1.82) is 0 Å². The van der Waals surface area contributed by atoms with Crippen molar-refractivity contribution in [3.05, 3.63) is 59.2 Å². The van der Waals surface area contributed by atoms with Gasteiger partial charge < -0.3 is 11.1 Å². The van der Waals surface area contributed by atoms with E-state index in [1.54, 1.807) is 0 Å². The minimum Gasteiger partial charge on any atom is -0.326 e. The lowest BCUT2D eigenvalue weighted by atomic mass is 10.0. The molecule has 1 aromatic rings. The van der Waals surface area contributed by atoms with Crippen molar-refractivity contribution in [3.63, 3.8) is 0 Å². The van der Waals surface area contributed by atoms with E-state index in [1.165, 1.54) is 27.6 Å². The van der Waals surface area contributed by atoms with Crippen LogP contribution in [0.1, 0.15) is 44.4 Å². The van der Waals surface area contributed by atoms with Crippen LogP contribution in [0.4, 0.5) is 26.3 Å². The molecule has 0 amide bonds. The molecule has 0 aromatic heterocycles. The monoisotopic (exact) mass is 444 g/mol. The molecule has 3 N–H and O–H groups in total. The minimum absolute atomic E-state index is 0.0686. The van der Waals surface area contributed by atoms with Crippen molar-refractivity contribution in [2.24, 2.45) is 5.73 Å². The molecule has 1 aliphatic heterocycles. The fourth-order valence-corrected chi connectivity index (χ4v) is 2.69. The fourth-order valence-electron chi connectivity index (χ4n) is 1.80.